The Morgan fingerprint density at radius 1 is 1.50 bits per heavy atom. The number of carbonyl (C=O) groups is 1. The van der Waals surface area contributed by atoms with Gasteiger partial charge in [0.2, 0.25) is 5.91 Å². The highest BCUT2D eigenvalue weighted by Gasteiger charge is 2.30. The third-order valence-corrected chi connectivity index (χ3v) is 3.50. The lowest BCUT2D eigenvalue weighted by Crippen LogP contribution is -2.46. The molecule has 0 unspecified atom stereocenters. The SMILES string of the molecule is CCO[C@H]1CCCN(C(=O)[C@@H]2CCNC2)C1. The molecule has 1 amide bonds. The Kier molecular flexibility index (Phi) is 4.18. The first kappa shape index (κ1) is 11.9. The Labute approximate surface area is 97.3 Å². The van der Waals surface area contributed by atoms with Crippen molar-refractivity contribution in [1.29, 1.82) is 0 Å². The molecule has 0 aromatic heterocycles. The zero-order chi connectivity index (χ0) is 11.4. The molecule has 2 aliphatic heterocycles. The van der Waals surface area contributed by atoms with Crippen LogP contribution in [0.15, 0.2) is 0 Å². The van der Waals surface area contributed by atoms with Crippen LogP contribution in [0.25, 0.3) is 0 Å². The Hall–Kier alpha value is -0.610. The molecule has 4 nitrogen and oxygen atoms in total. The predicted molar refractivity (Wildman–Crippen MR) is 62.2 cm³/mol. The molecule has 4 heteroatoms. The maximum absolute atomic E-state index is 12.2. The number of nitrogens with one attached hydrogen (secondary N) is 1. The summed E-state index contributed by atoms with van der Waals surface area (Å²) >= 11 is 0. The van der Waals surface area contributed by atoms with E-state index in [0.29, 0.717) is 5.91 Å². The van der Waals surface area contributed by atoms with E-state index in [1.54, 1.807) is 0 Å². The minimum atomic E-state index is 0.209. The van der Waals surface area contributed by atoms with Gasteiger partial charge in [0.1, 0.15) is 0 Å². The van der Waals surface area contributed by atoms with Crippen molar-refractivity contribution in [3.05, 3.63) is 0 Å². The van der Waals surface area contributed by atoms with Crippen molar-refractivity contribution in [2.75, 3.05) is 32.8 Å². The zero-order valence-corrected chi connectivity index (χ0v) is 10.1. The molecule has 0 saturated carbocycles. The van der Waals surface area contributed by atoms with Crippen molar-refractivity contribution >= 4 is 5.91 Å². The summed E-state index contributed by atoms with van der Waals surface area (Å²) in [6.07, 6.45) is 3.43. The molecule has 0 bridgehead atoms. The molecule has 0 spiro atoms. The average molecular weight is 226 g/mol. The molecule has 0 aliphatic carbocycles. The summed E-state index contributed by atoms with van der Waals surface area (Å²) in [5.74, 6) is 0.537. The van der Waals surface area contributed by atoms with Gasteiger partial charge in [0.25, 0.3) is 0 Å². The second-order valence-electron chi connectivity index (χ2n) is 4.69. The highest BCUT2D eigenvalue weighted by atomic mass is 16.5. The Balaban J connectivity index is 1.85. The summed E-state index contributed by atoms with van der Waals surface area (Å²) in [6.45, 7) is 6.31. The van der Waals surface area contributed by atoms with Gasteiger partial charge < -0.3 is 15.0 Å². The first-order valence-electron chi connectivity index (χ1n) is 6.42. The van der Waals surface area contributed by atoms with Gasteiger partial charge in [-0.3, -0.25) is 4.79 Å². The third-order valence-electron chi connectivity index (χ3n) is 3.50. The number of carbonyl (C=O) groups excluding carboxylic acids is 1. The molecule has 0 radical (unpaired) electrons. The van der Waals surface area contributed by atoms with Crippen molar-refractivity contribution in [2.45, 2.75) is 32.3 Å². The Bertz CT molecular complexity index is 237. The van der Waals surface area contributed by atoms with Crippen molar-refractivity contribution in [3.8, 4) is 0 Å². The molecule has 2 heterocycles. The first-order valence-corrected chi connectivity index (χ1v) is 6.42. The molecular weight excluding hydrogens is 204 g/mol. The van der Waals surface area contributed by atoms with Crippen LogP contribution in [0.2, 0.25) is 0 Å². The fourth-order valence-corrected chi connectivity index (χ4v) is 2.63. The molecule has 2 saturated heterocycles. The highest BCUT2D eigenvalue weighted by molar-refractivity contribution is 5.79. The molecule has 0 aromatic rings. The zero-order valence-electron chi connectivity index (χ0n) is 10.1. The van der Waals surface area contributed by atoms with E-state index >= 15 is 0 Å². The van der Waals surface area contributed by atoms with Gasteiger partial charge in [0, 0.05) is 26.2 Å². The van der Waals surface area contributed by atoms with Gasteiger partial charge in [-0.25, -0.2) is 0 Å². The lowest BCUT2D eigenvalue weighted by molar-refractivity contribution is -0.139. The van der Waals surface area contributed by atoms with Crippen LogP contribution in [0, 0.1) is 5.92 Å². The Morgan fingerprint density at radius 2 is 2.38 bits per heavy atom. The summed E-state index contributed by atoms with van der Waals surface area (Å²) in [4.78, 5) is 14.2. The van der Waals surface area contributed by atoms with Crippen molar-refractivity contribution in [3.63, 3.8) is 0 Å². The van der Waals surface area contributed by atoms with E-state index < -0.39 is 0 Å². The van der Waals surface area contributed by atoms with E-state index in [1.165, 1.54) is 0 Å². The monoisotopic (exact) mass is 226 g/mol. The Morgan fingerprint density at radius 3 is 3.06 bits per heavy atom. The van der Waals surface area contributed by atoms with Gasteiger partial charge in [-0.15, -0.1) is 0 Å². The molecule has 2 aliphatic rings. The number of hydrogen-bond donors (Lipinski definition) is 1. The third kappa shape index (κ3) is 2.74. The normalized spacial score (nSPS) is 30.7. The topological polar surface area (TPSA) is 41.6 Å². The van der Waals surface area contributed by atoms with Gasteiger partial charge in [0.05, 0.1) is 12.0 Å². The highest BCUT2D eigenvalue weighted by Crippen LogP contribution is 2.18. The maximum Gasteiger partial charge on any atom is 0.227 e. The fourth-order valence-electron chi connectivity index (χ4n) is 2.63. The summed E-state index contributed by atoms with van der Waals surface area (Å²) < 4.78 is 5.62. The number of hydrogen-bond acceptors (Lipinski definition) is 3. The molecule has 2 atom stereocenters. The van der Waals surface area contributed by atoms with Crippen LogP contribution < -0.4 is 5.32 Å². The molecule has 2 fully saturated rings. The number of rotatable bonds is 3. The van der Waals surface area contributed by atoms with Crippen LogP contribution in [-0.4, -0.2) is 49.7 Å². The maximum atomic E-state index is 12.2. The van der Waals surface area contributed by atoms with E-state index in [-0.39, 0.29) is 12.0 Å². The first-order chi connectivity index (χ1) is 7.81. The number of ether oxygens (including phenoxy) is 1. The van der Waals surface area contributed by atoms with Crippen LogP contribution in [0.5, 0.6) is 0 Å². The largest absolute Gasteiger partial charge is 0.377 e. The van der Waals surface area contributed by atoms with Gasteiger partial charge in [0.15, 0.2) is 0 Å². The number of amides is 1. The number of likely N-dealkylation sites (tertiary alicyclic amines) is 1. The number of piperidine rings is 1. The van der Waals surface area contributed by atoms with Crippen LogP contribution >= 0.6 is 0 Å². The van der Waals surface area contributed by atoms with Crippen molar-refractivity contribution < 1.29 is 9.53 Å². The molecule has 2 rings (SSSR count). The quantitative estimate of drug-likeness (QED) is 0.767. The average Bonchev–Trinajstić information content (AvgIpc) is 2.82. The van der Waals surface area contributed by atoms with Crippen LogP contribution in [-0.2, 0) is 9.53 Å². The standard InChI is InChI=1S/C12H22N2O2/c1-2-16-11-4-3-7-14(9-11)12(15)10-5-6-13-8-10/h10-11,13H,2-9H2,1H3/t10-,11+/m1/s1. The molecule has 0 aromatic carbocycles. The van der Waals surface area contributed by atoms with Crippen LogP contribution in [0.1, 0.15) is 26.2 Å². The lowest BCUT2D eigenvalue weighted by Gasteiger charge is -2.34. The minimum absolute atomic E-state index is 0.209. The van der Waals surface area contributed by atoms with E-state index in [1.807, 2.05) is 11.8 Å². The van der Waals surface area contributed by atoms with E-state index in [4.69, 9.17) is 4.74 Å². The van der Waals surface area contributed by atoms with Crippen molar-refractivity contribution in [1.82, 2.24) is 10.2 Å². The summed E-state index contributed by atoms with van der Waals surface area (Å²) in [6, 6.07) is 0. The molecule has 92 valence electrons. The van der Waals surface area contributed by atoms with Gasteiger partial charge in [-0.1, -0.05) is 0 Å². The second-order valence-corrected chi connectivity index (χ2v) is 4.69. The van der Waals surface area contributed by atoms with Gasteiger partial charge in [-0.05, 0) is 32.7 Å². The fraction of sp³-hybridized carbons (Fsp3) is 0.917. The molecule has 16 heavy (non-hydrogen) atoms. The van der Waals surface area contributed by atoms with Crippen molar-refractivity contribution in [2.24, 2.45) is 5.92 Å². The minimum Gasteiger partial charge on any atom is -0.377 e. The summed E-state index contributed by atoms with van der Waals surface area (Å²) in [7, 11) is 0. The van der Waals surface area contributed by atoms with E-state index in [2.05, 4.69) is 5.32 Å². The van der Waals surface area contributed by atoms with Gasteiger partial charge in [-0.2, -0.15) is 0 Å². The van der Waals surface area contributed by atoms with E-state index in [9.17, 15) is 4.79 Å². The lowest BCUT2D eigenvalue weighted by atomic mass is 10.0. The second kappa shape index (κ2) is 5.64. The summed E-state index contributed by atoms with van der Waals surface area (Å²) in [5.41, 5.74) is 0. The van der Waals surface area contributed by atoms with Crippen LogP contribution in [0.4, 0.5) is 0 Å². The molecule has 1 N–H and O–H groups in total. The predicted octanol–water partition coefficient (Wildman–Crippen LogP) is 0.623. The van der Waals surface area contributed by atoms with Crippen LogP contribution in [0.3, 0.4) is 0 Å². The number of nitrogens with zero attached hydrogens (tertiary/aromatic N) is 1. The van der Waals surface area contributed by atoms with E-state index in [0.717, 1.165) is 52.0 Å². The summed E-state index contributed by atoms with van der Waals surface area (Å²) in [5, 5.41) is 3.25. The van der Waals surface area contributed by atoms with Gasteiger partial charge >= 0.3 is 0 Å². The smallest absolute Gasteiger partial charge is 0.227 e. The molecular formula is C12H22N2O2.